The largest absolute Gasteiger partial charge is 0.497 e. The molecule has 9 nitrogen and oxygen atoms in total. The van der Waals surface area contributed by atoms with E-state index in [0.29, 0.717) is 16.5 Å². The number of anilines is 2. The number of ether oxygens (including phenoxy) is 3. The second-order valence-electron chi connectivity index (χ2n) is 9.73. The van der Waals surface area contributed by atoms with Gasteiger partial charge in [0.05, 0.1) is 37.7 Å². The molecule has 1 aliphatic rings. The quantitative estimate of drug-likeness (QED) is 0.263. The van der Waals surface area contributed by atoms with Crippen LogP contribution < -0.4 is 25.0 Å². The van der Waals surface area contributed by atoms with Crippen molar-refractivity contribution in [2.75, 3.05) is 38.2 Å². The Hall–Kier alpha value is -4.41. The third-order valence-corrected chi connectivity index (χ3v) is 7.52. The summed E-state index contributed by atoms with van der Waals surface area (Å²) in [6.45, 7) is 4.13. The molecule has 2 atom stereocenters. The lowest BCUT2D eigenvalue weighted by Gasteiger charge is -2.29. The van der Waals surface area contributed by atoms with Gasteiger partial charge in [-0.3, -0.25) is 9.78 Å². The Kier molecular flexibility index (Phi) is 8.23. The van der Waals surface area contributed by atoms with Crippen LogP contribution in [0.1, 0.15) is 34.7 Å². The highest BCUT2D eigenvalue weighted by molar-refractivity contribution is 7.80. The summed E-state index contributed by atoms with van der Waals surface area (Å²) in [6, 6.07) is 21.3. The number of benzene rings is 2. The van der Waals surface area contributed by atoms with Crippen LogP contribution in [-0.4, -0.2) is 48.5 Å². The third kappa shape index (κ3) is 5.48. The first-order valence-corrected chi connectivity index (χ1v) is 13.6. The monoisotopic (exact) mass is 571 g/mol. The molecule has 41 heavy (non-hydrogen) atoms. The van der Waals surface area contributed by atoms with E-state index in [2.05, 4.69) is 51.1 Å². The molecule has 0 saturated carbocycles. The Balaban J connectivity index is 1.65. The lowest BCUT2D eigenvalue weighted by molar-refractivity contribution is -0.119. The van der Waals surface area contributed by atoms with E-state index in [4.69, 9.17) is 26.4 Å². The fraction of sp³-hybridized carbons (Fsp3) is 0.258. The smallest absolute Gasteiger partial charge is 0.250 e. The minimum atomic E-state index is -0.283. The van der Waals surface area contributed by atoms with E-state index in [9.17, 15) is 4.79 Å². The third-order valence-electron chi connectivity index (χ3n) is 7.21. The van der Waals surface area contributed by atoms with Crippen LogP contribution in [0.25, 0.3) is 5.69 Å². The fourth-order valence-electron chi connectivity index (χ4n) is 5.44. The van der Waals surface area contributed by atoms with Crippen molar-refractivity contribution in [3.8, 4) is 17.2 Å². The van der Waals surface area contributed by atoms with Gasteiger partial charge in [-0.1, -0.05) is 12.1 Å². The molecule has 2 aromatic heterocycles. The highest BCUT2D eigenvalue weighted by atomic mass is 32.1. The summed E-state index contributed by atoms with van der Waals surface area (Å²) >= 11 is 5.94. The Morgan fingerprint density at radius 2 is 1.83 bits per heavy atom. The van der Waals surface area contributed by atoms with Crippen LogP contribution in [-0.2, 0) is 9.53 Å². The molecule has 2 aromatic carbocycles. The molecule has 5 rings (SSSR count). The van der Waals surface area contributed by atoms with Crippen molar-refractivity contribution in [1.82, 2.24) is 14.9 Å². The number of hydrogen-bond acceptors (Lipinski definition) is 6. The number of rotatable bonds is 9. The number of aromatic nitrogens is 2. The van der Waals surface area contributed by atoms with Crippen molar-refractivity contribution >= 4 is 34.6 Å². The molecule has 2 N–H and O–H groups in total. The summed E-state index contributed by atoms with van der Waals surface area (Å²) in [6.07, 6.45) is 1.79. The average molecular weight is 572 g/mol. The lowest BCUT2D eigenvalue weighted by atomic mass is 9.96. The van der Waals surface area contributed by atoms with E-state index in [0.717, 1.165) is 39.8 Å². The molecular formula is C31H33N5O4S. The number of pyridine rings is 1. The summed E-state index contributed by atoms with van der Waals surface area (Å²) in [4.78, 5) is 19.2. The number of nitrogens with one attached hydrogen (secondary N) is 2. The van der Waals surface area contributed by atoms with Crippen molar-refractivity contribution in [3.05, 3.63) is 95.6 Å². The molecule has 0 unspecified atom stereocenters. The van der Waals surface area contributed by atoms with Crippen molar-refractivity contribution in [3.63, 3.8) is 0 Å². The van der Waals surface area contributed by atoms with Crippen LogP contribution in [0.2, 0.25) is 0 Å². The topological polar surface area (TPSA) is 89.9 Å². The molecule has 1 amide bonds. The summed E-state index contributed by atoms with van der Waals surface area (Å²) in [7, 11) is 4.71. The first-order valence-electron chi connectivity index (χ1n) is 13.2. The Morgan fingerprint density at radius 3 is 2.54 bits per heavy atom. The number of carbonyl (C=O) groups is 1. The molecule has 0 bridgehead atoms. The molecule has 0 aliphatic carbocycles. The van der Waals surface area contributed by atoms with Gasteiger partial charge < -0.3 is 34.3 Å². The molecule has 4 aromatic rings. The summed E-state index contributed by atoms with van der Waals surface area (Å²) in [5, 5.41) is 6.96. The van der Waals surface area contributed by atoms with Crippen molar-refractivity contribution < 1.29 is 19.0 Å². The van der Waals surface area contributed by atoms with E-state index in [-0.39, 0.29) is 24.6 Å². The second-order valence-corrected chi connectivity index (χ2v) is 10.1. The van der Waals surface area contributed by atoms with Crippen LogP contribution in [0.4, 0.5) is 11.4 Å². The number of hydrogen-bond donors (Lipinski definition) is 2. The van der Waals surface area contributed by atoms with Crippen molar-refractivity contribution in [1.29, 1.82) is 0 Å². The Labute approximate surface area is 245 Å². The normalized spacial score (nSPS) is 16.4. The lowest BCUT2D eigenvalue weighted by Crippen LogP contribution is -2.29. The van der Waals surface area contributed by atoms with Gasteiger partial charge in [-0.05, 0) is 80.2 Å². The Morgan fingerprint density at radius 1 is 1.00 bits per heavy atom. The predicted molar refractivity (Wildman–Crippen MR) is 163 cm³/mol. The van der Waals surface area contributed by atoms with Gasteiger partial charge in [0.15, 0.2) is 5.11 Å². The van der Waals surface area contributed by atoms with Gasteiger partial charge in [-0.15, -0.1) is 0 Å². The van der Waals surface area contributed by atoms with Crippen LogP contribution in [0, 0.1) is 13.8 Å². The van der Waals surface area contributed by atoms with Crippen molar-refractivity contribution in [2.24, 2.45) is 0 Å². The van der Waals surface area contributed by atoms with Gasteiger partial charge in [0, 0.05) is 42.1 Å². The number of thiocarbonyl (C=S) groups is 1. The van der Waals surface area contributed by atoms with Gasteiger partial charge in [-0.25, -0.2) is 0 Å². The van der Waals surface area contributed by atoms with E-state index < -0.39 is 0 Å². The Bertz CT molecular complexity index is 1570. The van der Waals surface area contributed by atoms with E-state index in [1.807, 2.05) is 54.6 Å². The molecular weight excluding hydrogens is 538 g/mol. The number of nitrogens with zero attached hydrogens (tertiary/aromatic N) is 3. The number of amides is 1. The number of carbonyl (C=O) groups excluding carboxylic acids is 1. The first-order chi connectivity index (χ1) is 19.9. The van der Waals surface area contributed by atoms with Crippen LogP contribution in [0.3, 0.4) is 0 Å². The molecule has 1 saturated heterocycles. The standard InChI is InChI=1S/C31H33N5O4S/c1-19-15-24(20(2)35(19)21-9-8-10-23(16-21)39-4)30-29(25-11-6-7-14-32-25)34-31(41)36(30)22-12-13-27(40-5)26(17-22)33-28(37)18-38-3/h6-17,29-30H,18H2,1-5H3,(H,33,37)(H,34,41)/t29-,30+/m1/s1. The van der Waals surface area contributed by atoms with Crippen LogP contribution >= 0.6 is 12.2 Å². The molecule has 1 fully saturated rings. The summed E-state index contributed by atoms with van der Waals surface area (Å²) in [5.74, 6) is 1.04. The van der Waals surface area contributed by atoms with E-state index >= 15 is 0 Å². The maximum absolute atomic E-state index is 12.4. The summed E-state index contributed by atoms with van der Waals surface area (Å²) in [5.41, 5.74) is 6.44. The van der Waals surface area contributed by atoms with E-state index in [1.54, 1.807) is 20.4 Å². The average Bonchev–Trinajstić information content (AvgIpc) is 3.48. The summed E-state index contributed by atoms with van der Waals surface area (Å²) < 4.78 is 18.2. The SMILES string of the molecule is COCC(=O)Nc1cc(N2C(=S)N[C@H](c3ccccn3)[C@@H]2c2cc(C)n(-c3cccc(OC)c3)c2C)ccc1OC. The fourth-order valence-corrected chi connectivity index (χ4v) is 5.79. The van der Waals surface area contributed by atoms with Gasteiger partial charge in [0.25, 0.3) is 0 Å². The zero-order valence-corrected chi connectivity index (χ0v) is 24.5. The molecule has 212 valence electrons. The molecule has 0 radical (unpaired) electrons. The highest BCUT2D eigenvalue weighted by Crippen LogP contribution is 2.45. The molecule has 3 heterocycles. The number of methoxy groups -OCH3 is 3. The molecule has 0 spiro atoms. The molecule has 1 aliphatic heterocycles. The minimum absolute atomic E-state index is 0.0717. The maximum atomic E-state index is 12.4. The van der Waals surface area contributed by atoms with Crippen LogP contribution in [0.15, 0.2) is 72.9 Å². The van der Waals surface area contributed by atoms with Crippen molar-refractivity contribution in [2.45, 2.75) is 25.9 Å². The minimum Gasteiger partial charge on any atom is -0.497 e. The predicted octanol–water partition coefficient (Wildman–Crippen LogP) is 5.27. The van der Waals surface area contributed by atoms with Gasteiger partial charge in [0.1, 0.15) is 18.1 Å². The van der Waals surface area contributed by atoms with E-state index in [1.165, 1.54) is 7.11 Å². The van der Waals surface area contributed by atoms with Gasteiger partial charge in [0.2, 0.25) is 5.91 Å². The maximum Gasteiger partial charge on any atom is 0.250 e. The number of aryl methyl sites for hydroxylation is 1. The highest BCUT2D eigenvalue weighted by Gasteiger charge is 2.42. The van der Waals surface area contributed by atoms with Crippen LogP contribution in [0.5, 0.6) is 11.5 Å². The molecule has 10 heteroatoms. The second kappa shape index (κ2) is 12.0. The first kappa shape index (κ1) is 28.1. The zero-order valence-electron chi connectivity index (χ0n) is 23.7. The van der Waals surface area contributed by atoms with Gasteiger partial charge >= 0.3 is 0 Å². The zero-order chi connectivity index (χ0) is 29.1. The van der Waals surface area contributed by atoms with Gasteiger partial charge in [-0.2, -0.15) is 0 Å².